The van der Waals surface area contributed by atoms with Gasteiger partial charge in [0.25, 0.3) is 0 Å². The van der Waals surface area contributed by atoms with E-state index in [0.29, 0.717) is 44.2 Å². The fourth-order valence-corrected chi connectivity index (χ4v) is 2.51. The number of benzene rings is 1. The van der Waals surface area contributed by atoms with Crippen molar-refractivity contribution in [1.82, 2.24) is 9.80 Å². The molecule has 0 spiro atoms. The van der Waals surface area contributed by atoms with Gasteiger partial charge in [-0.3, -0.25) is 9.59 Å². The maximum Gasteiger partial charge on any atom is 0.409 e. The molecule has 0 bridgehead atoms. The van der Waals surface area contributed by atoms with Gasteiger partial charge in [-0.05, 0) is 19.1 Å². The van der Waals surface area contributed by atoms with Crippen LogP contribution in [0.25, 0.3) is 0 Å². The summed E-state index contributed by atoms with van der Waals surface area (Å²) in [7, 11) is 1.54. The second kappa shape index (κ2) is 8.91. The van der Waals surface area contributed by atoms with Gasteiger partial charge in [0.15, 0.2) is 0 Å². The molecule has 0 radical (unpaired) electrons. The highest BCUT2D eigenvalue weighted by molar-refractivity contribution is 6.03. The number of hydrogen-bond donors (Lipinski definition) is 1. The lowest BCUT2D eigenvalue weighted by atomic mass is 10.2. The van der Waals surface area contributed by atoms with Gasteiger partial charge in [0.1, 0.15) is 12.2 Å². The Morgan fingerprint density at radius 3 is 2.44 bits per heavy atom. The van der Waals surface area contributed by atoms with Crippen molar-refractivity contribution in [2.75, 3.05) is 45.2 Å². The lowest BCUT2D eigenvalue weighted by molar-refractivity contribution is -0.135. The maximum absolute atomic E-state index is 12.2. The SMILES string of the molecule is CCOC(=O)N1CCN(C(=O)CC(=O)Nc2cccc(OC)c2)CC1. The Labute approximate surface area is 146 Å². The molecule has 1 heterocycles. The second-order valence-corrected chi connectivity index (χ2v) is 5.52. The summed E-state index contributed by atoms with van der Waals surface area (Å²) >= 11 is 0. The van der Waals surface area contributed by atoms with Crippen LogP contribution in [0.4, 0.5) is 10.5 Å². The molecule has 1 aromatic rings. The van der Waals surface area contributed by atoms with Crippen molar-refractivity contribution in [2.45, 2.75) is 13.3 Å². The highest BCUT2D eigenvalue weighted by atomic mass is 16.6. The lowest BCUT2D eigenvalue weighted by Crippen LogP contribution is -2.51. The van der Waals surface area contributed by atoms with Crippen molar-refractivity contribution < 1.29 is 23.9 Å². The van der Waals surface area contributed by atoms with E-state index < -0.39 is 0 Å². The molecule has 1 aromatic carbocycles. The highest BCUT2D eigenvalue weighted by Crippen LogP contribution is 2.17. The predicted molar refractivity (Wildman–Crippen MR) is 91.4 cm³/mol. The van der Waals surface area contributed by atoms with Crippen LogP contribution >= 0.6 is 0 Å². The normalized spacial score (nSPS) is 14.0. The van der Waals surface area contributed by atoms with Crippen LogP contribution in [-0.4, -0.2) is 67.6 Å². The summed E-state index contributed by atoms with van der Waals surface area (Å²) in [6.07, 6.45) is -0.609. The molecular formula is C17H23N3O5. The molecule has 1 saturated heterocycles. The number of rotatable bonds is 5. The number of ether oxygens (including phenoxy) is 2. The first-order chi connectivity index (χ1) is 12.0. The van der Waals surface area contributed by atoms with Crippen LogP contribution in [0.5, 0.6) is 5.75 Å². The van der Waals surface area contributed by atoms with Crippen molar-refractivity contribution in [3.05, 3.63) is 24.3 Å². The van der Waals surface area contributed by atoms with Crippen molar-refractivity contribution in [3.8, 4) is 5.75 Å². The van der Waals surface area contributed by atoms with Crippen LogP contribution < -0.4 is 10.1 Å². The van der Waals surface area contributed by atoms with Gasteiger partial charge in [-0.25, -0.2) is 4.79 Å². The molecule has 1 aliphatic heterocycles. The number of carbonyl (C=O) groups is 3. The molecule has 136 valence electrons. The van der Waals surface area contributed by atoms with E-state index in [4.69, 9.17) is 9.47 Å². The van der Waals surface area contributed by atoms with E-state index >= 15 is 0 Å². The molecule has 1 aliphatic rings. The van der Waals surface area contributed by atoms with Crippen molar-refractivity contribution in [1.29, 1.82) is 0 Å². The zero-order valence-corrected chi connectivity index (χ0v) is 14.5. The Morgan fingerprint density at radius 1 is 1.12 bits per heavy atom. The van der Waals surface area contributed by atoms with E-state index in [2.05, 4.69) is 5.32 Å². The third kappa shape index (κ3) is 5.37. The average Bonchev–Trinajstić information content (AvgIpc) is 2.62. The van der Waals surface area contributed by atoms with Gasteiger partial charge < -0.3 is 24.6 Å². The van der Waals surface area contributed by atoms with Crippen LogP contribution in [0, 0.1) is 0 Å². The number of carbonyl (C=O) groups excluding carboxylic acids is 3. The molecule has 3 amide bonds. The number of hydrogen-bond acceptors (Lipinski definition) is 5. The van der Waals surface area contributed by atoms with Crippen molar-refractivity contribution in [2.24, 2.45) is 0 Å². The number of piperazine rings is 1. The Kier molecular flexibility index (Phi) is 6.62. The molecular weight excluding hydrogens is 326 g/mol. The van der Waals surface area contributed by atoms with Crippen LogP contribution in [0.2, 0.25) is 0 Å². The van der Waals surface area contributed by atoms with E-state index in [1.54, 1.807) is 48.1 Å². The molecule has 2 rings (SSSR count). The molecule has 0 unspecified atom stereocenters. The maximum atomic E-state index is 12.2. The predicted octanol–water partition coefficient (Wildman–Crippen LogP) is 1.32. The summed E-state index contributed by atoms with van der Waals surface area (Å²) in [5.74, 6) is -0.0193. The average molecular weight is 349 g/mol. The van der Waals surface area contributed by atoms with Gasteiger partial charge in [-0.1, -0.05) is 6.07 Å². The largest absolute Gasteiger partial charge is 0.497 e. The lowest BCUT2D eigenvalue weighted by Gasteiger charge is -2.34. The second-order valence-electron chi connectivity index (χ2n) is 5.52. The summed E-state index contributed by atoms with van der Waals surface area (Å²) in [5, 5.41) is 2.68. The van der Waals surface area contributed by atoms with Gasteiger partial charge >= 0.3 is 6.09 Å². The standard InChI is InChI=1S/C17H23N3O5/c1-3-25-17(23)20-9-7-19(8-10-20)16(22)12-15(21)18-13-5-4-6-14(11-13)24-2/h4-6,11H,3,7-10,12H2,1-2H3,(H,18,21). The Morgan fingerprint density at radius 2 is 1.80 bits per heavy atom. The van der Waals surface area contributed by atoms with E-state index in [-0.39, 0.29) is 24.3 Å². The first kappa shape index (κ1) is 18.6. The number of nitrogens with zero attached hydrogens (tertiary/aromatic N) is 2. The summed E-state index contributed by atoms with van der Waals surface area (Å²) < 4.78 is 10.0. The zero-order chi connectivity index (χ0) is 18.2. The number of nitrogens with one attached hydrogen (secondary N) is 1. The fraction of sp³-hybridized carbons (Fsp3) is 0.471. The Hall–Kier alpha value is -2.77. The third-order valence-corrected chi connectivity index (χ3v) is 3.82. The van der Waals surface area contributed by atoms with Gasteiger partial charge in [-0.2, -0.15) is 0 Å². The number of methoxy groups -OCH3 is 1. The quantitative estimate of drug-likeness (QED) is 0.810. The number of anilines is 1. The van der Waals surface area contributed by atoms with Gasteiger partial charge in [0.2, 0.25) is 11.8 Å². The Balaban J connectivity index is 1.80. The molecule has 0 atom stereocenters. The zero-order valence-electron chi connectivity index (χ0n) is 14.5. The molecule has 0 aliphatic carbocycles. The molecule has 1 N–H and O–H groups in total. The molecule has 1 fully saturated rings. The van der Waals surface area contributed by atoms with Crippen LogP contribution in [0.3, 0.4) is 0 Å². The minimum Gasteiger partial charge on any atom is -0.497 e. The van der Waals surface area contributed by atoms with Crippen LogP contribution in [0.1, 0.15) is 13.3 Å². The third-order valence-electron chi connectivity index (χ3n) is 3.82. The van der Waals surface area contributed by atoms with Crippen LogP contribution in [0.15, 0.2) is 24.3 Å². The summed E-state index contributed by atoms with van der Waals surface area (Å²) in [4.78, 5) is 39.0. The molecule has 25 heavy (non-hydrogen) atoms. The van der Waals surface area contributed by atoms with Gasteiger partial charge in [0, 0.05) is 37.9 Å². The summed E-state index contributed by atoms with van der Waals surface area (Å²) in [6.45, 7) is 3.67. The van der Waals surface area contributed by atoms with Gasteiger partial charge in [0.05, 0.1) is 13.7 Å². The molecule has 0 saturated carbocycles. The first-order valence-electron chi connectivity index (χ1n) is 8.17. The monoisotopic (exact) mass is 349 g/mol. The van der Waals surface area contributed by atoms with E-state index in [9.17, 15) is 14.4 Å². The van der Waals surface area contributed by atoms with E-state index in [0.717, 1.165) is 0 Å². The van der Waals surface area contributed by atoms with Crippen LogP contribution in [-0.2, 0) is 14.3 Å². The van der Waals surface area contributed by atoms with Crippen molar-refractivity contribution in [3.63, 3.8) is 0 Å². The molecule has 8 heteroatoms. The minimum absolute atomic E-state index is 0.239. The van der Waals surface area contributed by atoms with E-state index in [1.807, 2.05) is 0 Å². The topological polar surface area (TPSA) is 88.2 Å². The number of amides is 3. The Bertz CT molecular complexity index is 626. The minimum atomic E-state index is -0.383. The van der Waals surface area contributed by atoms with Crippen molar-refractivity contribution >= 4 is 23.6 Å². The fourth-order valence-electron chi connectivity index (χ4n) is 2.51. The first-order valence-corrected chi connectivity index (χ1v) is 8.17. The smallest absolute Gasteiger partial charge is 0.409 e. The summed E-state index contributed by atoms with van der Waals surface area (Å²) in [5.41, 5.74) is 0.573. The highest BCUT2D eigenvalue weighted by Gasteiger charge is 2.25. The molecule has 8 nitrogen and oxygen atoms in total. The summed E-state index contributed by atoms with van der Waals surface area (Å²) in [6, 6.07) is 6.93. The molecule has 0 aromatic heterocycles. The van der Waals surface area contributed by atoms with E-state index in [1.165, 1.54) is 0 Å². The van der Waals surface area contributed by atoms with Gasteiger partial charge in [-0.15, -0.1) is 0 Å².